The summed E-state index contributed by atoms with van der Waals surface area (Å²) in [6.07, 6.45) is -4.31. The van der Waals surface area contributed by atoms with Crippen LogP contribution in [-0.4, -0.2) is 29.9 Å². The van der Waals surface area contributed by atoms with Crippen molar-refractivity contribution in [3.8, 4) is 5.75 Å². The largest absolute Gasteiger partial charge is 0.483 e. The fraction of sp³-hybridized carbons (Fsp3) is 0.267. The molecular formula is C15H14F3N3O3S. The summed E-state index contributed by atoms with van der Waals surface area (Å²) in [5.74, 6) is -0.973. The summed E-state index contributed by atoms with van der Waals surface area (Å²) in [4.78, 5) is 26.4. The normalized spacial score (nSPS) is 11.2. The highest BCUT2D eigenvalue weighted by molar-refractivity contribution is 7.09. The summed E-state index contributed by atoms with van der Waals surface area (Å²) in [5.41, 5.74) is 4.25. The molecule has 0 unspecified atom stereocenters. The Morgan fingerprint density at radius 1 is 1.28 bits per heavy atom. The molecule has 0 saturated carbocycles. The quantitative estimate of drug-likeness (QED) is 0.776. The second kappa shape index (κ2) is 7.97. The number of hydrogen-bond acceptors (Lipinski definition) is 5. The van der Waals surface area contributed by atoms with Gasteiger partial charge in [-0.05, 0) is 12.1 Å². The average molecular weight is 373 g/mol. The number of benzene rings is 1. The van der Waals surface area contributed by atoms with Crippen molar-refractivity contribution < 1.29 is 27.5 Å². The molecule has 0 saturated heterocycles. The molecule has 6 nitrogen and oxygen atoms in total. The van der Waals surface area contributed by atoms with Crippen molar-refractivity contribution >= 4 is 23.2 Å². The van der Waals surface area contributed by atoms with Gasteiger partial charge in [0, 0.05) is 18.3 Å². The van der Waals surface area contributed by atoms with Crippen LogP contribution >= 0.6 is 11.3 Å². The van der Waals surface area contributed by atoms with Crippen LogP contribution in [0.15, 0.2) is 29.6 Å². The molecular weight excluding hydrogens is 359 g/mol. The topological polar surface area (TPSA) is 94.3 Å². The molecule has 1 aromatic heterocycles. The molecule has 2 rings (SSSR count). The summed E-state index contributed by atoms with van der Waals surface area (Å²) in [7, 11) is 0. The van der Waals surface area contributed by atoms with E-state index in [1.54, 1.807) is 12.1 Å². The lowest BCUT2D eigenvalue weighted by Crippen LogP contribution is -2.27. The number of nitrogens with two attached hydrogens (primary N) is 1. The second-order valence-corrected chi connectivity index (χ2v) is 5.82. The number of carbonyl (C=O) groups is 2. The summed E-state index contributed by atoms with van der Waals surface area (Å²) in [6, 6.07) is 6.24. The van der Waals surface area contributed by atoms with Crippen LogP contribution in [0.3, 0.4) is 0 Å². The molecule has 0 radical (unpaired) electrons. The third-order valence-electron chi connectivity index (χ3n) is 2.97. The van der Waals surface area contributed by atoms with Crippen LogP contribution in [0.2, 0.25) is 0 Å². The standard InChI is InChI=1S/C15H14F3N3O3S/c16-15(17,18)11-8-25-13(21-11)5-6-20-14(23)9-3-1-2-4-10(9)24-7-12(19)22/h1-4,8H,5-7H2,(H2,19,22)(H,20,23). The lowest BCUT2D eigenvalue weighted by atomic mass is 10.2. The number of nitrogens with zero attached hydrogens (tertiary/aromatic N) is 1. The van der Waals surface area contributed by atoms with E-state index < -0.39 is 23.7 Å². The maximum atomic E-state index is 12.5. The Morgan fingerprint density at radius 2 is 2.00 bits per heavy atom. The van der Waals surface area contributed by atoms with Crippen LogP contribution < -0.4 is 15.8 Å². The molecule has 10 heteroatoms. The highest BCUT2D eigenvalue weighted by atomic mass is 32.1. The zero-order valence-electron chi connectivity index (χ0n) is 12.8. The number of para-hydroxylation sites is 1. The van der Waals surface area contributed by atoms with E-state index in [1.165, 1.54) is 12.1 Å². The zero-order chi connectivity index (χ0) is 18.4. The Labute approximate surface area is 144 Å². The van der Waals surface area contributed by atoms with Gasteiger partial charge in [-0.25, -0.2) is 4.98 Å². The number of nitrogens with one attached hydrogen (secondary N) is 1. The summed E-state index contributed by atoms with van der Waals surface area (Å²) in [6.45, 7) is -0.266. The SMILES string of the molecule is NC(=O)COc1ccccc1C(=O)NCCc1nc(C(F)(F)F)cs1. The number of alkyl halides is 3. The Balaban J connectivity index is 1.92. The van der Waals surface area contributed by atoms with Gasteiger partial charge in [0.15, 0.2) is 12.3 Å². The van der Waals surface area contributed by atoms with Crippen molar-refractivity contribution in [2.75, 3.05) is 13.2 Å². The van der Waals surface area contributed by atoms with Gasteiger partial charge in [0.2, 0.25) is 0 Å². The number of primary amides is 1. The molecule has 0 fully saturated rings. The summed E-state index contributed by atoms with van der Waals surface area (Å²) >= 11 is 0.880. The van der Waals surface area contributed by atoms with E-state index in [-0.39, 0.29) is 35.9 Å². The smallest absolute Gasteiger partial charge is 0.434 e. The predicted molar refractivity (Wildman–Crippen MR) is 84.3 cm³/mol. The van der Waals surface area contributed by atoms with Gasteiger partial charge in [-0.15, -0.1) is 11.3 Å². The third kappa shape index (κ3) is 5.45. The number of thiazole rings is 1. The van der Waals surface area contributed by atoms with E-state index in [0.29, 0.717) is 0 Å². The van der Waals surface area contributed by atoms with Crippen molar-refractivity contribution in [1.82, 2.24) is 10.3 Å². The first-order valence-electron chi connectivity index (χ1n) is 7.07. The van der Waals surface area contributed by atoms with E-state index in [9.17, 15) is 22.8 Å². The lowest BCUT2D eigenvalue weighted by Gasteiger charge is -2.10. The molecule has 25 heavy (non-hydrogen) atoms. The fourth-order valence-electron chi connectivity index (χ4n) is 1.86. The van der Waals surface area contributed by atoms with Crippen molar-refractivity contribution in [2.45, 2.75) is 12.6 Å². The van der Waals surface area contributed by atoms with Crippen molar-refractivity contribution in [1.29, 1.82) is 0 Å². The Morgan fingerprint density at radius 3 is 2.64 bits per heavy atom. The Bertz CT molecular complexity index is 762. The number of ether oxygens (including phenoxy) is 1. The maximum Gasteiger partial charge on any atom is 0.434 e. The van der Waals surface area contributed by atoms with Gasteiger partial charge in [0.25, 0.3) is 11.8 Å². The van der Waals surface area contributed by atoms with Crippen LogP contribution in [0.25, 0.3) is 0 Å². The predicted octanol–water partition coefficient (Wildman–Crippen LogP) is 2.00. The van der Waals surface area contributed by atoms with Crippen molar-refractivity contribution in [2.24, 2.45) is 5.73 Å². The van der Waals surface area contributed by atoms with E-state index in [0.717, 1.165) is 16.7 Å². The minimum atomic E-state index is -4.48. The molecule has 134 valence electrons. The van der Waals surface area contributed by atoms with E-state index >= 15 is 0 Å². The van der Waals surface area contributed by atoms with Crippen LogP contribution in [0.4, 0.5) is 13.2 Å². The third-order valence-corrected chi connectivity index (χ3v) is 3.88. The fourth-order valence-corrected chi connectivity index (χ4v) is 2.67. The number of rotatable bonds is 7. The molecule has 0 bridgehead atoms. The number of amides is 2. The van der Waals surface area contributed by atoms with Gasteiger partial charge in [0.1, 0.15) is 5.75 Å². The van der Waals surface area contributed by atoms with Crippen LogP contribution in [0.1, 0.15) is 21.1 Å². The highest BCUT2D eigenvalue weighted by Crippen LogP contribution is 2.30. The number of hydrogen-bond donors (Lipinski definition) is 2. The molecule has 3 N–H and O–H groups in total. The molecule has 2 aromatic rings. The molecule has 2 amide bonds. The van der Waals surface area contributed by atoms with Gasteiger partial charge in [-0.2, -0.15) is 13.2 Å². The monoisotopic (exact) mass is 373 g/mol. The number of aromatic nitrogens is 1. The van der Waals surface area contributed by atoms with Gasteiger partial charge < -0.3 is 15.8 Å². The minimum Gasteiger partial charge on any atom is -0.483 e. The highest BCUT2D eigenvalue weighted by Gasteiger charge is 2.33. The van der Waals surface area contributed by atoms with Crippen LogP contribution in [0.5, 0.6) is 5.75 Å². The van der Waals surface area contributed by atoms with Crippen molar-refractivity contribution in [3.05, 3.63) is 45.9 Å². The van der Waals surface area contributed by atoms with E-state index in [4.69, 9.17) is 10.5 Å². The van der Waals surface area contributed by atoms with E-state index in [2.05, 4.69) is 10.3 Å². The molecule has 1 heterocycles. The lowest BCUT2D eigenvalue weighted by molar-refractivity contribution is -0.140. The molecule has 0 atom stereocenters. The minimum absolute atomic E-state index is 0.105. The molecule has 0 aliphatic carbocycles. The van der Waals surface area contributed by atoms with Gasteiger partial charge in [0.05, 0.1) is 10.6 Å². The van der Waals surface area contributed by atoms with Crippen LogP contribution in [0, 0.1) is 0 Å². The first-order chi connectivity index (χ1) is 11.8. The molecule has 0 aliphatic heterocycles. The first-order valence-corrected chi connectivity index (χ1v) is 7.95. The molecule has 0 aliphatic rings. The Kier molecular flexibility index (Phi) is 5.97. The van der Waals surface area contributed by atoms with Crippen LogP contribution in [-0.2, 0) is 17.4 Å². The van der Waals surface area contributed by atoms with Gasteiger partial charge in [-0.3, -0.25) is 9.59 Å². The van der Waals surface area contributed by atoms with Gasteiger partial charge in [-0.1, -0.05) is 12.1 Å². The average Bonchev–Trinajstić information content (AvgIpc) is 3.02. The summed E-state index contributed by atoms with van der Waals surface area (Å²) < 4.78 is 42.6. The number of halogens is 3. The molecule has 1 aromatic carbocycles. The zero-order valence-corrected chi connectivity index (χ0v) is 13.6. The van der Waals surface area contributed by atoms with Gasteiger partial charge >= 0.3 is 6.18 Å². The number of carbonyl (C=O) groups excluding carboxylic acids is 2. The van der Waals surface area contributed by atoms with E-state index in [1.807, 2.05) is 0 Å². The maximum absolute atomic E-state index is 12.5. The van der Waals surface area contributed by atoms with Crippen molar-refractivity contribution in [3.63, 3.8) is 0 Å². The second-order valence-electron chi connectivity index (χ2n) is 4.88. The Hall–Kier alpha value is -2.62. The molecule has 0 spiro atoms. The first kappa shape index (κ1) is 18.7. The summed E-state index contributed by atoms with van der Waals surface area (Å²) in [5, 5.41) is 3.78.